The molecular weight excluding hydrogens is 425 g/mol. The highest BCUT2D eigenvalue weighted by atomic mass is 19.1. The maximum absolute atomic E-state index is 15.3. The first kappa shape index (κ1) is 25.0. The molecule has 0 amide bonds. The molecule has 1 aliphatic carbocycles. The summed E-state index contributed by atoms with van der Waals surface area (Å²) < 4.78 is 22.8. The lowest BCUT2D eigenvalue weighted by Crippen LogP contribution is -2.40. The molecule has 0 spiro atoms. The molecule has 3 heterocycles. The van der Waals surface area contributed by atoms with Crippen molar-refractivity contribution in [2.75, 3.05) is 31.6 Å². The van der Waals surface area contributed by atoms with Gasteiger partial charge in [0.15, 0.2) is 11.6 Å². The van der Waals surface area contributed by atoms with Crippen molar-refractivity contribution in [2.45, 2.75) is 65.5 Å². The van der Waals surface area contributed by atoms with E-state index in [1.165, 1.54) is 19.4 Å². The van der Waals surface area contributed by atoms with E-state index in [9.17, 15) is 14.7 Å². The fourth-order valence-corrected chi connectivity index (χ4v) is 4.95. The van der Waals surface area contributed by atoms with E-state index >= 15 is 4.39 Å². The van der Waals surface area contributed by atoms with Crippen LogP contribution < -0.4 is 20.4 Å². The van der Waals surface area contributed by atoms with E-state index in [-0.39, 0.29) is 17.0 Å². The second-order valence-electron chi connectivity index (χ2n) is 8.32. The minimum absolute atomic E-state index is 0.0599. The number of rotatable bonds is 4. The second-order valence-corrected chi connectivity index (χ2v) is 8.32. The number of aromatic carboxylic acids is 1. The number of fused-ring (bicyclic) bond motifs is 2. The van der Waals surface area contributed by atoms with E-state index in [0.717, 1.165) is 38.8 Å². The average Bonchev–Trinajstić information content (AvgIpc) is 3.59. The molecule has 3 aliphatic rings. The van der Waals surface area contributed by atoms with E-state index in [1.54, 1.807) is 4.57 Å². The first-order valence-electron chi connectivity index (χ1n) is 12.2. The molecule has 1 aromatic heterocycles. The van der Waals surface area contributed by atoms with E-state index in [1.807, 2.05) is 32.6 Å². The molecule has 2 atom stereocenters. The minimum atomic E-state index is -1.30. The molecule has 2 aliphatic heterocycles. The number of benzene rings is 1. The number of hydrogen-bond donors (Lipinski definition) is 2. The summed E-state index contributed by atoms with van der Waals surface area (Å²) in [5, 5.41) is 13.0. The second kappa shape index (κ2) is 10.5. The third-order valence-corrected chi connectivity index (χ3v) is 6.49. The van der Waals surface area contributed by atoms with Crippen molar-refractivity contribution in [2.24, 2.45) is 5.92 Å². The predicted octanol–water partition coefficient (Wildman–Crippen LogP) is 4.42. The lowest BCUT2D eigenvalue weighted by atomic mass is 9.94. The monoisotopic (exact) mass is 461 g/mol. The van der Waals surface area contributed by atoms with Gasteiger partial charge in [-0.1, -0.05) is 27.7 Å². The largest absolute Gasteiger partial charge is 0.492 e. The highest BCUT2D eigenvalue weighted by Gasteiger charge is 2.38. The van der Waals surface area contributed by atoms with E-state index < -0.39 is 17.2 Å². The Morgan fingerprint density at radius 3 is 2.45 bits per heavy atom. The summed E-state index contributed by atoms with van der Waals surface area (Å²) in [5.41, 5.74) is -0.155. The van der Waals surface area contributed by atoms with Gasteiger partial charge in [0.05, 0.1) is 18.0 Å². The van der Waals surface area contributed by atoms with Gasteiger partial charge in [0.25, 0.3) is 0 Å². The number of nitrogens with zero attached hydrogens (tertiary/aromatic N) is 2. The number of nitrogens with one attached hydrogen (secondary N) is 1. The number of carboxylic acids is 1. The Morgan fingerprint density at radius 2 is 1.88 bits per heavy atom. The Bertz CT molecular complexity index is 1050. The summed E-state index contributed by atoms with van der Waals surface area (Å²) in [5.74, 6) is -1.07. The normalized spacial score (nSPS) is 21.5. The number of carboxylic acid groups (broad SMARTS) is 1. The number of carbonyl (C=O) groups is 1. The average molecular weight is 462 g/mol. The number of hydrogen-bond acceptors (Lipinski definition) is 5. The summed E-state index contributed by atoms with van der Waals surface area (Å²) in [6.45, 7) is 10.4. The summed E-state index contributed by atoms with van der Waals surface area (Å²) >= 11 is 0. The molecule has 0 bridgehead atoms. The van der Waals surface area contributed by atoms with Gasteiger partial charge in [-0.05, 0) is 44.2 Å². The first-order valence-corrected chi connectivity index (χ1v) is 12.2. The highest BCUT2D eigenvalue weighted by Crippen LogP contribution is 2.45. The molecule has 33 heavy (non-hydrogen) atoms. The Balaban J connectivity index is 0.000000728. The van der Waals surface area contributed by atoms with Crippen LogP contribution in [0.15, 0.2) is 17.1 Å². The van der Waals surface area contributed by atoms with E-state index in [4.69, 9.17) is 4.74 Å². The Labute approximate surface area is 194 Å². The van der Waals surface area contributed by atoms with Gasteiger partial charge in [-0.3, -0.25) is 4.79 Å². The van der Waals surface area contributed by atoms with Crippen LogP contribution in [0.3, 0.4) is 0 Å². The van der Waals surface area contributed by atoms with Gasteiger partial charge >= 0.3 is 5.97 Å². The van der Waals surface area contributed by atoms with Crippen LogP contribution >= 0.6 is 0 Å². The molecule has 8 heteroatoms. The lowest BCUT2D eigenvalue weighted by Gasteiger charge is -2.25. The van der Waals surface area contributed by atoms with Crippen molar-refractivity contribution in [1.82, 2.24) is 9.88 Å². The van der Waals surface area contributed by atoms with Gasteiger partial charge in [-0.25, -0.2) is 9.18 Å². The Morgan fingerprint density at radius 1 is 1.18 bits per heavy atom. The third kappa shape index (κ3) is 4.58. The number of pyridine rings is 1. The van der Waals surface area contributed by atoms with Crippen molar-refractivity contribution < 1.29 is 19.0 Å². The van der Waals surface area contributed by atoms with Crippen molar-refractivity contribution in [1.29, 1.82) is 0 Å². The molecule has 7 nitrogen and oxygen atoms in total. The van der Waals surface area contributed by atoms with Crippen LogP contribution in [0.5, 0.6) is 5.75 Å². The zero-order valence-corrected chi connectivity index (χ0v) is 20.3. The summed E-state index contributed by atoms with van der Waals surface area (Å²) in [6.07, 6.45) is 5.40. The standard InChI is InChI=1S/C21H24FN3O4.2C2H6/c1-29-20-17-13(19(26)14(21(27)28)9-25(17)12-4-5-12)7-15(22)18(20)24-8-11-3-2-6-23-16(11)10-24;2*1-2/h7,9,11-12,16,23H,2-6,8,10H2,1H3,(H,27,28);2*1-2H3. The van der Waals surface area contributed by atoms with Gasteiger partial charge in [0, 0.05) is 31.4 Å². The number of anilines is 1. The fourth-order valence-electron chi connectivity index (χ4n) is 4.95. The van der Waals surface area contributed by atoms with Crippen LogP contribution in [0.25, 0.3) is 10.9 Å². The summed E-state index contributed by atoms with van der Waals surface area (Å²) in [7, 11) is 1.48. The quantitative estimate of drug-likeness (QED) is 0.701. The highest BCUT2D eigenvalue weighted by molar-refractivity contribution is 5.97. The van der Waals surface area contributed by atoms with Crippen LogP contribution in [0.4, 0.5) is 10.1 Å². The molecule has 2 aromatic rings. The molecule has 1 saturated carbocycles. The zero-order chi connectivity index (χ0) is 24.3. The maximum atomic E-state index is 15.3. The van der Waals surface area contributed by atoms with Crippen LogP contribution in [-0.2, 0) is 0 Å². The van der Waals surface area contributed by atoms with Gasteiger partial charge in [-0.15, -0.1) is 0 Å². The van der Waals surface area contributed by atoms with Crippen molar-refractivity contribution in [3.8, 4) is 5.75 Å². The molecule has 2 unspecified atom stereocenters. The van der Waals surface area contributed by atoms with E-state index in [0.29, 0.717) is 35.5 Å². The zero-order valence-electron chi connectivity index (χ0n) is 20.3. The molecule has 1 aromatic carbocycles. The van der Waals surface area contributed by atoms with Gasteiger partial charge < -0.3 is 24.6 Å². The van der Waals surface area contributed by atoms with Gasteiger partial charge in [0.2, 0.25) is 5.43 Å². The third-order valence-electron chi connectivity index (χ3n) is 6.49. The maximum Gasteiger partial charge on any atom is 0.341 e. The van der Waals surface area contributed by atoms with Crippen LogP contribution in [0.1, 0.15) is 69.8 Å². The number of methoxy groups -OCH3 is 1. The van der Waals surface area contributed by atoms with Gasteiger partial charge in [0.1, 0.15) is 11.3 Å². The molecular formula is C25H36FN3O4. The summed E-state index contributed by atoms with van der Waals surface area (Å²) in [6, 6.07) is 1.62. The molecule has 2 saturated heterocycles. The smallest absolute Gasteiger partial charge is 0.341 e. The molecule has 182 valence electrons. The van der Waals surface area contributed by atoms with Crippen molar-refractivity contribution in [3.63, 3.8) is 0 Å². The Kier molecular flexibility index (Phi) is 8.00. The molecule has 3 fully saturated rings. The van der Waals surface area contributed by atoms with Crippen molar-refractivity contribution >= 4 is 22.6 Å². The van der Waals surface area contributed by atoms with E-state index in [2.05, 4.69) is 5.32 Å². The predicted molar refractivity (Wildman–Crippen MR) is 129 cm³/mol. The first-order chi connectivity index (χ1) is 16.0. The number of aromatic nitrogens is 1. The minimum Gasteiger partial charge on any atom is -0.492 e. The fraction of sp³-hybridized carbons (Fsp3) is 0.600. The molecule has 2 N–H and O–H groups in total. The topological polar surface area (TPSA) is 83.8 Å². The Hall–Kier alpha value is -2.61. The lowest BCUT2D eigenvalue weighted by molar-refractivity contribution is 0.0695. The number of halogens is 1. The molecule has 5 rings (SSSR count). The van der Waals surface area contributed by atoms with Crippen molar-refractivity contribution in [3.05, 3.63) is 33.9 Å². The number of piperidine rings is 1. The van der Waals surface area contributed by atoms with Crippen LogP contribution in [0, 0.1) is 11.7 Å². The molecule has 0 radical (unpaired) electrons. The SMILES string of the molecule is CC.CC.COc1c(N2CC3CCCNC3C2)c(F)cc2c(=O)c(C(=O)O)cn(C3CC3)c12. The van der Waals surface area contributed by atoms with Crippen LogP contribution in [0.2, 0.25) is 0 Å². The summed E-state index contributed by atoms with van der Waals surface area (Å²) in [4.78, 5) is 26.4. The number of ether oxygens (including phenoxy) is 1. The van der Waals surface area contributed by atoms with Crippen LogP contribution in [-0.4, -0.2) is 48.4 Å². The van der Waals surface area contributed by atoms with Gasteiger partial charge in [-0.2, -0.15) is 0 Å².